The molecule has 0 aliphatic carbocycles. The second-order valence-electron chi connectivity index (χ2n) is 8.31. The Labute approximate surface area is 199 Å². The minimum atomic E-state index is -0.337. The average Bonchev–Trinajstić information content (AvgIpc) is 3.57. The lowest BCUT2D eigenvalue weighted by Crippen LogP contribution is -2.44. The maximum absolute atomic E-state index is 6.34. The first-order valence-electron chi connectivity index (χ1n) is 11.0. The molecule has 0 bridgehead atoms. The van der Waals surface area contributed by atoms with E-state index in [9.17, 15) is 0 Å². The van der Waals surface area contributed by atoms with Gasteiger partial charge in [-0.15, -0.1) is 11.3 Å². The van der Waals surface area contributed by atoms with Crippen molar-refractivity contribution in [3.63, 3.8) is 0 Å². The third-order valence-corrected chi connectivity index (χ3v) is 7.39. The molecule has 4 aromatic rings. The van der Waals surface area contributed by atoms with Gasteiger partial charge in [0.1, 0.15) is 0 Å². The lowest BCUT2D eigenvalue weighted by Gasteiger charge is -2.37. The molecule has 0 amide bonds. The molecule has 8 nitrogen and oxygen atoms in total. The molecule has 0 radical (unpaired) electrons. The minimum Gasteiger partial charge on any atom is -0.347 e. The van der Waals surface area contributed by atoms with Gasteiger partial charge < -0.3 is 14.8 Å². The Morgan fingerprint density at radius 1 is 1.15 bits per heavy atom. The van der Waals surface area contributed by atoms with Gasteiger partial charge in [0.15, 0.2) is 16.7 Å². The number of halogens is 1. The second kappa shape index (κ2) is 8.66. The number of anilines is 2. The number of benzene rings is 1. The number of nitrogens with one attached hydrogen (secondary N) is 2. The first kappa shape index (κ1) is 21.0. The highest BCUT2D eigenvalue weighted by Gasteiger charge is 2.39. The number of pyridine rings is 1. The highest BCUT2D eigenvalue weighted by molar-refractivity contribution is 7.15. The van der Waals surface area contributed by atoms with Crippen LogP contribution in [-0.2, 0) is 16.0 Å². The molecule has 170 valence electrons. The van der Waals surface area contributed by atoms with Crippen molar-refractivity contribution in [3.05, 3.63) is 52.6 Å². The number of likely N-dealkylation sites (tertiary alicyclic amines) is 1. The summed E-state index contributed by atoms with van der Waals surface area (Å²) >= 11 is 7.99. The molecule has 10 heteroatoms. The summed E-state index contributed by atoms with van der Waals surface area (Å²) in [6, 6.07) is 9.69. The number of aromatic nitrogens is 4. The Morgan fingerprint density at radius 2 is 2.00 bits per heavy atom. The molecule has 2 fully saturated rings. The van der Waals surface area contributed by atoms with Crippen LogP contribution in [-0.4, -0.2) is 57.2 Å². The zero-order valence-electron chi connectivity index (χ0n) is 17.9. The van der Waals surface area contributed by atoms with Crippen molar-refractivity contribution in [3.8, 4) is 11.3 Å². The monoisotopic (exact) mass is 482 g/mol. The number of ether oxygens (including phenoxy) is 2. The van der Waals surface area contributed by atoms with Gasteiger partial charge in [-0.2, -0.15) is 5.10 Å². The van der Waals surface area contributed by atoms with Gasteiger partial charge in [-0.1, -0.05) is 17.7 Å². The van der Waals surface area contributed by atoms with Crippen LogP contribution in [0.2, 0.25) is 5.02 Å². The van der Waals surface area contributed by atoms with Gasteiger partial charge in [-0.05, 0) is 24.3 Å². The van der Waals surface area contributed by atoms with E-state index in [0.29, 0.717) is 18.2 Å². The van der Waals surface area contributed by atoms with Gasteiger partial charge in [0.2, 0.25) is 0 Å². The molecule has 2 N–H and O–H groups in total. The average molecular weight is 483 g/mol. The van der Waals surface area contributed by atoms with Crippen LogP contribution in [0.15, 0.2) is 42.7 Å². The summed E-state index contributed by atoms with van der Waals surface area (Å²) in [5, 5.41) is 13.3. The zero-order valence-corrected chi connectivity index (χ0v) is 19.5. The molecule has 33 heavy (non-hydrogen) atoms. The lowest BCUT2D eigenvalue weighted by molar-refractivity contribution is -0.185. The van der Waals surface area contributed by atoms with Gasteiger partial charge in [-0.3, -0.25) is 15.0 Å². The fourth-order valence-electron chi connectivity index (χ4n) is 4.45. The molecule has 0 unspecified atom stereocenters. The van der Waals surface area contributed by atoms with Crippen LogP contribution in [0, 0.1) is 0 Å². The number of piperidine rings is 1. The molecule has 0 saturated carbocycles. The zero-order chi connectivity index (χ0) is 22.3. The molecule has 1 aromatic carbocycles. The molecule has 2 aliphatic heterocycles. The Bertz CT molecular complexity index is 1270. The maximum Gasteiger partial charge on any atom is 0.188 e. The van der Waals surface area contributed by atoms with E-state index < -0.39 is 0 Å². The van der Waals surface area contributed by atoms with E-state index in [1.807, 2.05) is 36.5 Å². The molecule has 2 saturated heterocycles. The Kier molecular flexibility index (Phi) is 5.51. The van der Waals surface area contributed by atoms with Crippen LogP contribution in [0.4, 0.5) is 10.9 Å². The quantitative estimate of drug-likeness (QED) is 0.421. The number of thiazole rings is 1. The van der Waals surface area contributed by atoms with Gasteiger partial charge in [0, 0.05) is 60.7 Å². The predicted molar refractivity (Wildman–Crippen MR) is 129 cm³/mol. The third-order valence-electron chi connectivity index (χ3n) is 6.18. The van der Waals surface area contributed by atoms with Crippen molar-refractivity contribution in [2.75, 3.05) is 31.6 Å². The Morgan fingerprint density at radius 3 is 2.82 bits per heavy atom. The predicted octanol–water partition coefficient (Wildman–Crippen LogP) is 4.82. The van der Waals surface area contributed by atoms with E-state index in [1.54, 1.807) is 17.5 Å². The van der Waals surface area contributed by atoms with Crippen LogP contribution in [0.3, 0.4) is 0 Å². The van der Waals surface area contributed by atoms with E-state index in [4.69, 9.17) is 21.1 Å². The number of nitrogens with zero attached hydrogens (tertiary/aromatic N) is 4. The van der Waals surface area contributed by atoms with Gasteiger partial charge in [0.05, 0.1) is 29.4 Å². The van der Waals surface area contributed by atoms with Gasteiger partial charge in [0.25, 0.3) is 0 Å². The highest BCUT2D eigenvalue weighted by Crippen LogP contribution is 2.34. The van der Waals surface area contributed by atoms with E-state index in [0.717, 1.165) is 65.6 Å². The molecule has 1 spiro atoms. The van der Waals surface area contributed by atoms with E-state index in [1.165, 1.54) is 4.88 Å². The summed E-state index contributed by atoms with van der Waals surface area (Å²) in [4.78, 5) is 12.6. The standard InChI is InChI=1S/C23H23ClN6O2S/c24-18-2-1-7-25-20(18)15-3-4-19-17(12-15)21(29-28-19)27-22-26-13-16(33-22)14-30-8-5-23(6-9-30)31-10-11-32-23/h1-4,7,12-13H,5-6,8-11,14H2,(H2,26,27,28,29). The summed E-state index contributed by atoms with van der Waals surface area (Å²) in [6.45, 7) is 4.22. The number of rotatable bonds is 5. The normalized spacial score (nSPS) is 18.3. The first-order valence-corrected chi connectivity index (χ1v) is 12.2. The van der Waals surface area contributed by atoms with Crippen molar-refractivity contribution in [1.29, 1.82) is 0 Å². The minimum absolute atomic E-state index is 0.337. The third kappa shape index (κ3) is 4.22. The van der Waals surface area contributed by atoms with Crippen molar-refractivity contribution in [2.45, 2.75) is 25.2 Å². The summed E-state index contributed by atoms with van der Waals surface area (Å²) in [7, 11) is 0. The van der Waals surface area contributed by atoms with E-state index >= 15 is 0 Å². The van der Waals surface area contributed by atoms with E-state index in [-0.39, 0.29) is 5.79 Å². The summed E-state index contributed by atoms with van der Waals surface area (Å²) in [5.74, 6) is 0.395. The molecule has 3 aromatic heterocycles. The van der Waals surface area contributed by atoms with E-state index in [2.05, 4.69) is 30.4 Å². The number of H-pyrrole nitrogens is 1. The van der Waals surface area contributed by atoms with Crippen LogP contribution in [0.25, 0.3) is 22.2 Å². The topological polar surface area (TPSA) is 88.2 Å². The van der Waals surface area contributed by atoms with Crippen LogP contribution in [0.5, 0.6) is 0 Å². The van der Waals surface area contributed by atoms with Crippen molar-refractivity contribution in [1.82, 2.24) is 25.1 Å². The molecular formula is C23H23ClN6O2S. The molecule has 0 atom stereocenters. The van der Waals surface area contributed by atoms with Crippen LogP contribution in [0.1, 0.15) is 17.7 Å². The SMILES string of the molecule is Clc1cccnc1-c1ccc2[nH]nc(Nc3ncc(CN4CCC5(CC4)OCCO5)s3)c2c1. The number of hydrogen-bond donors (Lipinski definition) is 2. The number of aromatic amines is 1. The summed E-state index contributed by atoms with van der Waals surface area (Å²) in [6.07, 6.45) is 5.51. The highest BCUT2D eigenvalue weighted by atomic mass is 35.5. The number of hydrogen-bond acceptors (Lipinski definition) is 8. The molecule has 2 aliphatic rings. The smallest absolute Gasteiger partial charge is 0.188 e. The Hall–Kier alpha value is -2.56. The van der Waals surface area contributed by atoms with Gasteiger partial charge >= 0.3 is 0 Å². The maximum atomic E-state index is 6.34. The lowest BCUT2D eigenvalue weighted by atomic mass is 10.0. The molecule has 6 rings (SSSR count). The second-order valence-corrected chi connectivity index (χ2v) is 9.83. The summed E-state index contributed by atoms with van der Waals surface area (Å²) in [5.41, 5.74) is 2.63. The fourth-order valence-corrected chi connectivity index (χ4v) is 5.54. The largest absolute Gasteiger partial charge is 0.347 e. The number of fused-ring (bicyclic) bond motifs is 1. The molecule has 5 heterocycles. The van der Waals surface area contributed by atoms with Gasteiger partial charge in [-0.25, -0.2) is 4.98 Å². The van der Waals surface area contributed by atoms with Crippen LogP contribution >= 0.6 is 22.9 Å². The fraction of sp³-hybridized carbons (Fsp3) is 0.348. The Balaban J connectivity index is 1.16. The van der Waals surface area contributed by atoms with Crippen molar-refractivity contribution in [2.24, 2.45) is 0 Å². The van der Waals surface area contributed by atoms with Crippen molar-refractivity contribution < 1.29 is 9.47 Å². The van der Waals surface area contributed by atoms with Crippen LogP contribution < -0.4 is 5.32 Å². The molecular weight excluding hydrogens is 460 g/mol. The first-order chi connectivity index (χ1) is 16.2. The van der Waals surface area contributed by atoms with Crippen molar-refractivity contribution >= 4 is 44.8 Å². The summed E-state index contributed by atoms with van der Waals surface area (Å²) < 4.78 is 11.7.